The highest BCUT2D eigenvalue weighted by molar-refractivity contribution is 7.98. The van der Waals surface area contributed by atoms with Crippen LogP contribution in [0.25, 0.3) is 0 Å². The molecule has 5 heteroatoms. The van der Waals surface area contributed by atoms with Crippen LogP contribution in [0.15, 0.2) is 6.20 Å². The van der Waals surface area contributed by atoms with Crippen molar-refractivity contribution in [3.05, 3.63) is 11.9 Å². The highest BCUT2D eigenvalue weighted by Crippen LogP contribution is 2.11. The number of nitrogens with zero attached hydrogens (tertiary/aromatic N) is 3. The van der Waals surface area contributed by atoms with E-state index in [1.165, 1.54) is 0 Å². The van der Waals surface area contributed by atoms with Gasteiger partial charge in [0.15, 0.2) is 0 Å². The Morgan fingerprint density at radius 2 is 2.43 bits per heavy atom. The molecular formula is C9H18N4S. The van der Waals surface area contributed by atoms with Gasteiger partial charge >= 0.3 is 0 Å². The molecule has 1 heterocycles. The number of thioether (sulfide) groups is 1. The molecule has 0 aliphatic carbocycles. The molecule has 0 saturated carbocycles. The zero-order valence-corrected chi connectivity index (χ0v) is 9.63. The highest BCUT2D eigenvalue weighted by atomic mass is 32.2. The maximum atomic E-state index is 5.93. The van der Waals surface area contributed by atoms with Gasteiger partial charge in [0.25, 0.3) is 0 Å². The lowest BCUT2D eigenvalue weighted by molar-refractivity contribution is 0.615. The van der Waals surface area contributed by atoms with Gasteiger partial charge in [0, 0.05) is 5.75 Å². The Morgan fingerprint density at radius 3 is 3.07 bits per heavy atom. The molecule has 2 N–H and O–H groups in total. The average Bonchev–Trinajstić information content (AvgIpc) is 2.63. The van der Waals surface area contributed by atoms with Gasteiger partial charge in [-0.2, -0.15) is 11.8 Å². The minimum Gasteiger partial charge on any atom is -0.323 e. The number of hydrogen-bond donors (Lipinski definition) is 1. The van der Waals surface area contributed by atoms with Crippen LogP contribution < -0.4 is 5.73 Å². The third kappa shape index (κ3) is 3.31. The van der Waals surface area contributed by atoms with Gasteiger partial charge in [-0.25, -0.2) is 0 Å². The number of aryl methyl sites for hydroxylation is 1. The first kappa shape index (κ1) is 11.5. The van der Waals surface area contributed by atoms with Crippen molar-refractivity contribution in [1.29, 1.82) is 0 Å². The van der Waals surface area contributed by atoms with Crippen LogP contribution in [0.4, 0.5) is 0 Å². The van der Waals surface area contributed by atoms with Crippen molar-refractivity contribution in [3.63, 3.8) is 0 Å². The van der Waals surface area contributed by atoms with Gasteiger partial charge in [-0.15, -0.1) is 5.10 Å². The molecule has 4 nitrogen and oxygen atoms in total. The van der Waals surface area contributed by atoms with Gasteiger partial charge in [0.2, 0.25) is 0 Å². The van der Waals surface area contributed by atoms with E-state index in [-0.39, 0.29) is 6.04 Å². The van der Waals surface area contributed by atoms with Crippen molar-refractivity contribution < 1.29 is 0 Å². The van der Waals surface area contributed by atoms with E-state index in [1.807, 2.05) is 10.9 Å². The highest BCUT2D eigenvalue weighted by Gasteiger charge is 2.08. The summed E-state index contributed by atoms with van der Waals surface area (Å²) in [5, 5.41) is 8.10. The zero-order valence-electron chi connectivity index (χ0n) is 8.81. The average molecular weight is 214 g/mol. The van der Waals surface area contributed by atoms with Crippen molar-refractivity contribution in [2.75, 3.05) is 12.0 Å². The van der Waals surface area contributed by atoms with Crippen LogP contribution in [0.5, 0.6) is 0 Å². The van der Waals surface area contributed by atoms with E-state index in [1.54, 1.807) is 11.8 Å². The maximum absolute atomic E-state index is 5.93. The van der Waals surface area contributed by atoms with Crippen LogP contribution in [0.3, 0.4) is 0 Å². The molecular weight excluding hydrogens is 196 g/mol. The van der Waals surface area contributed by atoms with E-state index in [0.29, 0.717) is 0 Å². The van der Waals surface area contributed by atoms with E-state index < -0.39 is 0 Å². The minimum atomic E-state index is 0.0445. The van der Waals surface area contributed by atoms with E-state index in [2.05, 4.69) is 23.5 Å². The summed E-state index contributed by atoms with van der Waals surface area (Å²) >= 11 is 1.80. The second kappa shape index (κ2) is 6.03. The summed E-state index contributed by atoms with van der Waals surface area (Å²) < 4.78 is 1.86. The first-order valence-electron chi connectivity index (χ1n) is 4.92. The van der Waals surface area contributed by atoms with Gasteiger partial charge < -0.3 is 5.73 Å². The fourth-order valence-electron chi connectivity index (χ4n) is 1.24. The van der Waals surface area contributed by atoms with Crippen LogP contribution in [0, 0.1) is 0 Å². The number of rotatable bonds is 6. The molecule has 0 spiro atoms. The predicted octanol–water partition coefficient (Wildman–Crippen LogP) is 1.44. The topological polar surface area (TPSA) is 56.7 Å². The monoisotopic (exact) mass is 214 g/mol. The molecule has 0 fully saturated rings. The van der Waals surface area contributed by atoms with Crippen molar-refractivity contribution in [1.82, 2.24) is 15.0 Å². The fourth-order valence-corrected chi connectivity index (χ4v) is 1.61. The molecule has 0 radical (unpaired) electrons. The van der Waals surface area contributed by atoms with Crippen LogP contribution in [0.2, 0.25) is 0 Å². The summed E-state index contributed by atoms with van der Waals surface area (Å²) in [6.45, 7) is 3.03. The van der Waals surface area contributed by atoms with E-state index in [4.69, 9.17) is 5.73 Å². The van der Waals surface area contributed by atoms with Crippen LogP contribution in [0.1, 0.15) is 31.5 Å². The molecule has 1 atom stereocenters. The van der Waals surface area contributed by atoms with Crippen molar-refractivity contribution in [2.24, 2.45) is 5.73 Å². The lowest BCUT2D eigenvalue weighted by atomic mass is 10.1. The Hall–Kier alpha value is -0.550. The summed E-state index contributed by atoms with van der Waals surface area (Å²) in [7, 11) is 0. The summed E-state index contributed by atoms with van der Waals surface area (Å²) in [4.78, 5) is 0. The molecule has 1 rings (SSSR count). The van der Waals surface area contributed by atoms with Crippen molar-refractivity contribution in [2.45, 2.75) is 32.4 Å². The standard InChI is InChI=1S/C9H18N4S/c1-3-4-8(10)9-7-13(12-11-9)5-6-14-2/h7-8H,3-6,10H2,1-2H3. The molecule has 1 aromatic heterocycles. The Bertz CT molecular complexity index is 261. The van der Waals surface area contributed by atoms with Crippen molar-refractivity contribution >= 4 is 11.8 Å². The van der Waals surface area contributed by atoms with E-state index >= 15 is 0 Å². The van der Waals surface area contributed by atoms with Crippen LogP contribution in [-0.2, 0) is 6.54 Å². The quantitative estimate of drug-likeness (QED) is 0.778. The van der Waals surface area contributed by atoms with Gasteiger partial charge in [0.1, 0.15) is 0 Å². The lowest BCUT2D eigenvalue weighted by Crippen LogP contribution is -2.10. The zero-order chi connectivity index (χ0) is 10.4. The smallest absolute Gasteiger partial charge is 0.0994 e. The summed E-state index contributed by atoms with van der Waals surface area (Å²) in [5.41, 5.74) is 6.84. The Kier molecular flexibility index (Phi) is 4.97. The molecule has 0 aliphatic rings. The second-order valence-electron chi connectivity index (χ2n) is 3.29. The molecule has 0 saturated heterocycles. The Morgan fingerprint density at radius 1 is 1.64 bits per heavy atom. The Balaban J connectivity index is 2.49. The van der Waals surface area contributed by atoms with Gasteiger partial charge in [0.05, 0.1) is 24.5 Å². The number of nitrogens with two attached hydrogens (primary N) is 1. The third-order valence-electron chi connectivity index (χ3n) is 2.06. The first-order valence-corrected chi connectivity index (χ1v) is 6.31. The Labute approximate surface area is 89.2 Å². The van der Waals surface area contributed by atoms with Gasteiger partial charge in [-0.3, -0.25) is 4.68 Å². The summed E-state index contributed by atoms with van der Waals surface area (Å²) in [6, 6.07) is 0.0445. The molecule has 0 amide bonds. The summed E-state index contributed by atoms with van der Waals surface area (Å²) in [6.07, 6.45) is 6.09. The number of aromatic nitrogens is 3. The molecule has 14 heavy (non-hydrogen) atoms. The molecule has 0 aliphatic heterocycles. The van der Waals surface area contributed by atoms with Crippen LogP contribution >= 0.6 is 11.8 Å². The number of hydrogen-bond acceptors (Lipinski definition) is 4. The van der Waals surface area contributed by atoms with E-state index in [0.717, 1.165) is 30.8 Å². The van der Waals surface area contributed by atoms with E-state index in [9.17, 15) is 0 Å². The lowest BCUT2D eigenvalue weighted by Gasteiger charge is -2.04. The molecule has 0 bridgehead atoms. The first-order chi connectivity index (χ1) is 6.77. The fraction of sp³-hybridized carbons (Fsp3) is 0.778. The van der Waals surface area contributed by atoms with Crippen LogP contribution in [-0.4, -0.2) is 27.0 Å². The predicted molar refractivity (Wildman–Crippen MR) is 60.2 cm³/mol. The molecule has 0 aromatic carbocycles. The van der Waals surface area contributed by atoms with Gasteiger partial charge in [-0.1, -0.05) is 18.6 Å². The second-order valence-corrected chi connectivity index (χ2v) is 4.28. The molecule has 1 unspecified atom stereocenters. The molecule has 80 valence electrons. The largest absolute Gasteiger partial charge is 0.323 e. The normalized spacial score (nSPS) is 13.1. The third-order valence-corrected chi connectivity index (χ3v) is 2.65. The van der Waals surface area contributed by atoms with Crippen molar-refractivity contribution in [3.8, 4) is 0 Å². The summed E-state index contributed by atoms with van der Waals surface area (Å²) in [5.74, 6) is 1.06. The SMILES string of the molecule is CCCC(N)c1cn(CCSC)nn1. The maximum Gasteiger partial charge on any atom is 0.0994 e. The minimum absolute atomic E-state index is 0.0445. The van der Waals surface area contributed by atoms with Gasteiger partial charge in [-0.05, 0) is 12.7 Å². The molecule has 1 aromatic rings.